The van der Waals surface area contributed by atoms with Gasteiger partial charge in [-0.15, -0.1) is 11.6 Å². The van der Waals surface area contributed by atoms with Gasteiger partial charge in [-0.1, -0.05) is 61.9 Å². The van der Waals surface area contributed by atoms with Crippen molar-refractivity contribution in [3.63, 3.8) is 0 Å². The number of ether oxygens (including phenoxy) is 3. The zero-order valence-corrected chi connectivity index (χ0v) is 30.6. The van der Waals surface area contributed by atoms with Gasteiger partial charge in [0.05, 0.1) is 20.8 Å². The Morgan fingerprint density at radius 1 is 0.860 bits per heavy atom. The van der Waals surface area contributed by atoms with Crippen molar-refractivity contribution < 1.29 is 22.6 Å². The number of halogens is 1. The molecule has 5 rings (SSSR count). The van der Waals surface area contributed by atoms with Gasteiger partial charge in [0, 0.05) is 26.2 Å². The Morgan fingerprint density at radius 2 is 1.48 bits per heavy atom. The molecule has 0 atom stereocenters. The Kier molecular flexibility index (Phi) is 13.4. The van der Waals surface area contributed by atoms with E-state index >= 15 is 0 Å². The standard InChI is InChI=1S/C37H47ClN6O5S/c1-4-5-21-49-37-40-35(39-23-30-9-8-10-31(22-30)24-43-19-6-7-20-43)34(42-50(45,46)27-38)36(41-37)44(25-28-11-15-32(47-2)16-12-28)26-29-13-17-33(48-3)18-14-29/h8-18,22,42H,4-7,19-21,23-27H2,1-3H3,(H,39,40,41). The predicted octanol–water partition coefficient (Wildman–Crippen LogP) is 7.03. The van der Waals surface area contributed by atoms with Crippen molar-refractivity contribution >= 4 is 38.9 Å². The zero-order valence-electron chi connectivity index (χ0n) is 29.0. The van der Waals surface area contributed by atoms with Gasteiger partial charge in [-0.05, 0) is 78.9 Å². The summed E-state index contributed by atoms with van der Waals surface area (Å²) in [6.45, 7) is 6.78. The van der Waals surface area contributed by atoms with E-state index in [0.717, 1.165) is 60.7 Å². The lowest BCUT2D eigenvalue weighted by molar-refractivity contribution is 0.286. The Morgan fingerprint density at radius 3 is 2.06 bits per heavy atom. The lowest BCUT2D eigenvalue weighted by atomic mass is 10.1. The lowest BCUT2D eigenvalue weighted by Gasteiger charge is -2.28. The number of nitrogens with zero attached hydrogens (tertiary/aromatic N) is 4. The Labute approximate surface area is 301 Å². The molecule has 2 heterocycles. The van der Waals surface area contributed by atoms with Gasteiger partial charge in [0.1, 0.15) is 22.4 Å². The van der Waals surface area contributed by atoms with E-state index in [1.807, 2.05) is 59.5 Å². The highest BCUT2D eigenvalue weighted by Crippen LogP contribution is 2.36. The third-order valence-electron chi connectivity index (χ3n) is 8.42. The maximum atomic E-state index is 13.1. The van der Waals surface area contributed by atoms with Crippen LogP contribution in [0.4, 0.5) is 17.3 Å². The predicted molar refractivity (Wildman–Crippen MR) is 200 cm³/mol. The molecule has 1 aromatic heterocycles. The second kappa shape index (κ2) is 18.1. The summed E-state index contributed by atoms with van der Waals surface area (Å²) in [6, 6.07) is 24.0. The molecule has 1 saturated heterocycles. The number of sulfonamides is 1. The minimum atomic E-state index is -3.96. The normalized spacial score (nSPS) is 13.2. The van der Waals surface area contributed by atoms with Crippen LogP contribution in [0.1, 0.15) is 54.9 Å². The van der Waals surface area contributed by atoms with Crippen LogP contribution < -0.4 is 29.1 Å². The van der Waals surface area contributed by atoms with E-state index in [9.17, 15) is 8.42 Å². The average Bonchev–Trinajstić information content (AvgIpc) is 3.65. The van der Waals surface area contributed by atoms with E-state index in [1.165, 1.54) is 18.4 Å². The number of anilines is 3. The molecule has 3 aromatic carbocycles. The third-order valence-corrected chi connectivity index (χ3v) is 10.1. The number of unbranched alkanes of at least 4 members (excludes halogenated alkanes) is 1. The van der Waals surface area contributed by atoms with E-state index in [-0.39, 0.29) is 17.5 Å². The van der Waals surface area contributed by atoms with Gasteiger partial charge in [0.25, 0.3) is 0 Å². The van der Waals surface area contributed by atoms with Crippen LogP contribution in [-0.4, -0.2) is 62.4 Å². The van der Waals surface area contributed by atoms with Crippen molar-refractivity contribution in [3.8, 4) is 17.5 Å². The molecule has 1 aliphatic heterocycles. The Balaban J connectivity index is 1.56. The summed E-state index contributed by atoms with van der Waals surface area (Å²) in [7, 11) is -0.713. The molecule has 0 amide bonds. The zero-order chi connectivity index (χ0) is 35.3. The molecule has 0 unspecified atom stereocenters. The molecule has 50 heavy (non-hydrogen) atoms. The highest BCUT2D eigenvalue weighted by atomic mass is 35.5. The minimum Gasteiger partial charge on any atom is -0.497 e. The second-order valence-corrected chi connectivity index (χ2v) is 14.6. The van der Waals surface area contributed by atoms with Crippen molar-refractivity contribution in [1.82, 2.24) is 14.9 Å². The van der Waals surface area contributed by atoms with Gasteiger partial charge < -0.3 is 24.4 Å². The van der Waals surface area contributed by atoms with Crippen LogP contribution in [0.25, 0.3) is 0 Å². The highest BCUT2D eigenvalue weighted by Gasteiger charge is 2.25. The average molecular weight is 723 g/mol. The molecule has 1 aliphatic rings. The first-order valence-corrected chi connectivity index (χ1v) is 19.1. The minimum absolute atomic E-state index is 0.141. The molecule has 0 radical (unpaired) electrons. The van der Waals surface area contributed by atoms with Gasteiger partial charge in [0.15, 0.2) is 11.6 Å². The third kappa shape index (κ3) is 10.6. The number of hydrogen-bond donors (Lipinski definition) is 2. The summed E-state index contributed by atoms with van der Waals surface area (Å²) in [6.07, 6.45) is 4.21. The quantitative estimate of drug-likeness (QED) is 0.0772. The van der Waals surface area contributed by atoms with Crippen LogP contribution in [0.2, 0.25) is 0 Å². The van der Waals surface area contributed by atoms with Crippen molar-refractivity contribution in [2.24, 2.45) is 0 Å². The van der Waals surface area contributed by atoms with E-state index in [1.54, 1.807) is 14.2 Å². The molecule has 0 saturated carbocycles. The summed E-state index contributed by atoms with van der Waals surface area (Å²) in [4.78, 5) is 14.0. The first kappa shape index (κ1) is 37.0. The lowest BCUT2D eigenvalue weighted by Crippen LogP contribution is -2.27. The van der Waals surface area contributed by atoms with Crippen LogP contribution in [0.3, 0.4) is 0 Å². The van der Waals surface area contributed by atoms with Crippen LogP contribution in [0, 0.1) is 0 Å². The van der Waals surface area contributed by atoms with E-state index in [4.69, 9.17) is 35.8 Å². The molecule has 268 valence electrons. The number of aromatic nitrogens is 2. The van der Waals surface area contributed by atoms with Gasteiger partial charge in [-0.2, -0.15) is 9.97 Å². The Hall–Kier alpha value is -4.26. The van der Waals surface area contributed by atoms with Crippen molar-refractivity contribution in [2.75, 3.05) is 54.1 Å². The first-order valence-electron chi connectivity index (χ1n) is 16.9. The summed E-state index contributed by atoms with van der Waals surface area (Å²) >= 11 is 5.94. The largest absolute Gasteiger partial charge is 0.497 e. The van der Waals surface area contributed by atoms with Gasteiger partial charge in [-0.3, -0.25) is 9.62 Å². The van der Waals surface area contributed by atoms with Crippen LogP contribution in [0.5, 0.6) is 17.5 Å². The molecule has 2 N–H and O–H groups in total. The van der Waals surface area contributed by atoms with E-state index in [2.05, 4.69) is 40.1 Å². The van der Waals surface area contributed by atoms with Crippen LogP contribution in [0.15, 0.2) is 72.8 Å². The molecule has 0 aliphatic carbocycles. The van der Waals surface area contributed by atoms with Crippen LogP contribution >= 0.6 is 11.6 Å². The van der Waals surface area contributed by atoms with Crippen molar-refractivity contribution in [3.05, 3.63) is 95.1 Å². The number of methoxy groups -OCH3 is 2. The first-order chi connectivity index (χ1) is 24.3. The molecular weight excluding hydrogens is 676 g/mol. The summed E-state index contributed by atoms with van der Waals surface area (Å²) in [5, 5.41) is 2.76. The molecular formula is C37H47ClN6O5S. The Bertz CT molecular complexity index is 1720. The number of hydrogen-bond acceptors (Lipinski definition) is 10. The van der Waals surface area contributed by atoms with Gasteiger partial charge in [0.2, 0.25) is 10.0 Å². The second-order valence-electron chi connectivity index (χ2n) is 12.3. The number of alkyl halides is 1. The fourth-order valence-corrected chi connectivity index (χ4v) is 6.48. The monoisotopic (exact) mass is 722 g/mol. The maximum Gasteiger partial charge on any atom is 0.320 e. The van der Waals surface area contributed by atoms with Crippen LogP contribution in [-0.2, 0) is 36.2 Å². The molecule has 1 fully saturated rings. The number of benzene rings is 3. The molecule has 4 aromatic rings. The fraction of sp³-hybridized carbons (Fsp3) is 0.405. The molecule has 11 nitrogen and oxygen atoms in total. The molecule has 0 bridgehead atoms. The van der Waals surface area contributed by atoms with E-state index < -0.39 is 15.2 Å². The smallest absolute Gasteiger partial charge is 0.320 e. The maximum absolute atomic E-state index is 13.1. The molecule has 0 spiro atoms. The summed E-state index contributed by atoms with van der Waals surface area (Å²) in [5.74, 6) is 2.10. The highest BCUT2D eigenvalue weighted by molar-refractivity contribution is 7.93. The SMILES string of the molecule is CCCCOc1nc(NCc2cccc(CN3CCCC3)c2)c(NS(=O)(=O)CCl)c(N(Cc2ccc(OC)cc2)Cc2ccc(OC)cc2)n1. The van der Waals surface area contributed by atoms with Crippen molar-refractivity contribution in [1.29, 1.82) is 0 Å². The number of likely N-dealkylation sites (tertiary alicyclic amines) is 1. The molecule has 13 heteroatoms. The fourth-order valence-electron chi connectivity index (χ4n) is 5.77. The van der Waals surface area contributed by atoms with Gasteiger partial charge in [-0.25, -0.2) is 8.42 Å². The topological polar surface area (TPSA) is 118 Å². The van der Waals surface area contributed by atoms with Gasteiger partial charge >= 0.3 is 6.01 Å². The number of nitrogens with one attached hydrogen (secondary N) is 2. The summed E-state index contributed by atoms with van der Waals surface area (Å²) < 4.78 is 45.8. The van der Waals surface area contributed by atoms with E-state index in [0.29, 0.717) is 32.1 Å². The summed E-state index contributed by atoms with van der Waals surface area (Å²) in [5.41, 5.74) is 4.37. The van der Waals surface area contributed by atoms with Crippen molar-refractivity contribution in [2.45, 2.75) is 58.8 Å². The number of rotatable bonds is 19.